The molecule has 1 N–H and O–H groups in total. The second-order valence-corrected chi connectivity index (χ2v) is 9.68. The first-order valence-corrected chi connectivity index (χ1v) is 11.6. The molecule has 172 valence electrons. The summed E-state index contributed by atoms with van der Waals surface area (Å²) in [5, 5.41) is 10.3. The number of fused-ring (bicyclic) bond motifs is 1. The number of halogens is 3. The van der Waals surface area contributed by atoms with Gasteiger partial charge in [-0.15, -0.1) is 22.7 Å². The number of hydrogen-bond acceptors (Lipinski definition) is 6. The zero-order valence-electron chi connectivity index (χ0n) is 17.7. The second-order valence-electron chi connectivity index (χ2n) is 7.48. The number of aryl methyl sites for hydroxylation is 3. The molecule has 4 rings (SSSR count). The standard InChI is InChI=1S/C23H19F3N2O3S2/c1-12-9-16(10-17-21(12)28-19(32-17)7-8-20(29)30)31-11-18-13(2)27-22(33-18)14-3-5-15(6-4-14)23(24,25)26/h3-6,9-10H,7-8,11H2,1-2H3,(H,29,30). The molecule has 5 nitrogen and oxygen atoms in total. The highest BCUT2D eigenvalue weighted by atomic mass is 32.1. The normalized spacial score (nSPS) is 11.8. The summed E-state index contributed by atoms with van der Waals surface area (Å²) in [6.45, 7) is 4.05. The lowest BCUT2D eigenvalue weighted by atomic mass is 10.1. The summed E-state index contributed by atoms with van der Waals surface area (Å²) in [7, 11) is 0. The average molecular weight is 493 g/mol. The highest BCUT2D eigenvalue weighted by Gasteiger charge is 2.30. The molecule has 0 atom stereocenters. The fraction of sp³-hybridized carbons (Fsp3) is 0.261. The smallest absolute Gasteiger partial charge is 0.416 e. The molecule has 0 saturated carbocycles. The van der Waals surface area contributed by atoms with E-state index in [0.29, 0.717) is 22.7 Å². The summed E-state index contributed by atoms with van der Waals surface area (Å²) in [4.78, 5) is 20.7. The van der Waals surface area contributed by atoms with Crippen LogP contribution in [-0.4, -0.2) is 21.0 Å². The Labute approximate surface area is 195 Å². The maximum absolute atomic E-state index is 12.8. The van der Waals surface area contributed by atoms with Crippen molar-refractivity contribution in [2.75, 3.05) is 0 Å². The Morgan fingerprint density at radius 2 is 1.82 bits per heavy atom. The Kier molecular flexibility index (Phi) is 6.40. The highest BCUT2D eigenvalue weighted by Crippen LogP contribution is 2.34. The van der Waals surface area contributed by atoms with Gasteiger partial charge in [0.15, 0.2) is 0 Å². The largest absolute Gasteiger partial charge is 0.488 e. The van der Waals surface area contributed by atoms with Crippen molar-refractivity contribution in [1.29, 1.82) is 0 Å². The molecule has 0 unspecified atom stereocenters. The monoisotopic (exact) mass is 492 g/mol. The number of benzene rings is 2. The lowest BCUT2D eigenvalue weighted by Crippen LogP contribution is -2.03. The van der Waals surface area contributed by atoms with E-state index >= 15 is 0 Å². The Bertz CT molecular complexity index is 1310. The van der Waals surface area contributed by atoms with Crippen LogP contribution in [-0.2, 0) is 24.0 Å². The van der Waals surface area contributed by atoms with Gasteiger partial charge in [0.25, 0.3) is 0 Å². The van der Waals surface area contributed by atoms with Gasteiger partial charge in [-0.05, 0) is 43.7 Å². The van der Waals surface area contributed by atoms with Gasteiger partial charge < -0.3 is 9.84 Å². The van der Waals surface area contributed by atoms with Gasteiger partial charge in [0.1, 0.15) is 17.4 Å². The number of hydrogen-bond donors (Lipinski definition) is 1. The third kappa shape index (κ3) is 5.33. The van der Waals surface area contributed by atoms with Crippen LogP contribution in [0.25, 0.3) is 20.8 Å². The van der Waals surface area contributed by atoms with Gasteiger partial charge in [0.2, 0.25) is 0 Å². The predicted octanol–water partition coefficient (Wildman–Crippen LogP) is 6.65. The van der Waals surface area contributed by atoms with Crippen molar-refractivity contribution in [3.05, 3.63) is 63.1 Å². The number of rotatable bonds is 7. The van der Waals surface area contributed by atoms with Crippen LogP contribution in [0.15, 0.2) is 36.4 Å². The maximum atomic E-state index is 12.8. The molecule has 0 radical (unpaired) electrons. The third-order valence-electron chi connectivity index (χ3n) is 4.98. The SMILES string of the molecule is Cc1nc(-c2ccc(C(F)(F)F)cc2)sc1COc1cc(C)c2nc(CCC(=O)O)sc2c1. The first-order chi connectivity index (χ1) is 15.6. The molecule has 0 fully saturated rings. The van der Waals surface area contributed by atoms with Gasteiger partial charge >= 0.3 is 12.1 Å². The lowest BCUT2D eigenvalue weighted by molar-refractivity contribution is -0.138. The van der Waals surface area contributed by atoms with E-state index in [0.717, 1.165) is 43.5 Å². The number of carboxylic acid groups (broad SMARTS) is 1. The number of nitrogens with zero attached hydrogens (tertiary/aromatic N) is 2. The fourth-order valence-electron chi connectivity index (χ4n) is 3.25. The molecule has 10 heteroatoms. The number of carbonyl (C=O) groups is 1. The molecular formula is C23H19F3N2O3S2. The Morgan fingerprint density at radius 3 is 2.48 bits per heavy atom. The summed E-state index contributed by atoms with van der Waals surface area (Å²) in [6, 6.07) is 8.73. The van der Waals surface area contributed by atoms with E-state index in [1.165, 1.54) is 34.8 Å². The summed E-state index contributed by atoms with van der Waals surface area (Å²) in [5.41, 5.74) is 2.47. The molecule has 2 heterocycles. The van der Waals surface area contributed by atoms with Gasteiger partial charge in [-0.3, -0.25) is 4.79 Å². The minimum atomic E-state index is -4.37. The van der Waals surface area contributed by atoms with Crippen LogP contribution in [0.4, 0.5) is 13.2 Å². The Balaban J connectivity index is 1.49. The van der Waals surface area contributed by atoms with E-state index in [9.17, 15) is 18.0 Å². The van der Waals surface area contributed by atoms with Gasteiger partial charge in [-0.1, -0.05) is 12.1 Å². The molecule has 0 bridgehead atoms. The van der Waals surface area contributed by atoms with Crippen LogP contribution in [0.5, 0.6) is 5.75 Å². The minimum Gasteiger partial charge on any atom is -0.488 e. The molecule has 0 aliphatic rings. The number of alkyl halides is 3. The fourth-order valence-corrected chi connectivity index (χ4v) is 5.31. The van der Waals surface area contributed by atoms with Gasteiger partial charge in [-0.25, -0.2) is 9.97 Å². The molecule has 2 aromatic carbocycles. The lowest BCUT2D eigenvalue weighted by Gasteiger charge is -2.07. The number of carboxylic acids is 1. The highest BCUT2D eigenvalue weighted by molar-refractivity contribution is 7.18. The number of ether oxygens (including phenoxy) is 1. The average Bonchev–Trinajstić information content (AvgIpc) is 3.33. The Morgan fingerprint density at radius 1 is 1.09 bits per heavy atom. The van der Waals surface area contributed by atoms with Gasteiger partial charge in [0, 0.05) is 12.0 Å². The van der Waals surface area contributed by atoms with Crippen LogP contribution in [0.1, 0.15) is 33.1 Å². The maximum Gasteiger partial charge on any atom is 0.416 e. The molecule has 0 aliphatic carbocycles. The minimum absolute atomic E-state index is 0.0359. The van der Waals surface area contributed by atoms with Crippen LogP contribution < -0.4 is 4.74 Å². The molecule has 0 aliphatic heterocycles. The van der Waals surface area contributed by atoms with Crippen molar-refractivity contribution in [3.8, 4) is 16.3 Å². The van der Waals surface area contributed by atoms with Crippen LogP contribution in [0.3, 0.4) is 0 Å². The molecule has 0 saturated heterocycles. The molecule has 4 aromatic rings. The van der Waals surface area contributed by atoms with Gasteiger partial charge in [-0.2, -0.15) is 13.2 Å². The molecule has 0 amide bonds. The van der Waals surface area contributed by atoms with E-state index in [-0.39, 0.29) is 13.0 Å². The van der Waals surface area contributed by atoms with Crippen molar-refractivity contribution in [2.45, 2.75) is 39.5 Å². The van der Waals surface area contributed by atoms with E-state index in [1.54, 1.807) is 0 Å². The molecule has 2 aromatic heterocycles. The van der Waals surface area contributed by atoms with Crippen molar-refractivity contribution < 1.29 is 27.8 Å². The van der Waals surface area contributed by atoms with E-state index in [1.807, 2.05) is 26.0 Å². The first kappa shape index (κ1) is 23.2. The number of aliphatic carboxylic acids is 1. The van der Waals surface area contributed by atoms with Crippen molar-refractivity contribution in [1.82, 2.24) is 9.97 Å². The Hall–Kier alpha value is -2.98. The van der Waals surface area contributed by atoms with Crippen molar-refractivity contribution >= 4 is 38.9 Å². The zero-order valence-corrected chi connectivity index (χ0v) is 19.3. The van der Waals surface area contributed by atoms with Crippen molar-refractivity contribution in [2.24, 2.45) is 0 Å². The molecule has 0 spiro atoms. The number of aromatic nitrogens is 2. The van der Waals surface area contributed by atoms with Crippen LogP contribution >= 0.6 is 22.7 Å². The third-order valence-corrected chi connectivity index (χ3v) is 7.22. The zero-order chi connectivity index (χ0) is 23.8. The first-order valence-electron chi connectivity index (χ1n) is 9.99. The number of thiazole rings is 2. The molecule has 33 heavy (non-hydrogen) atoms. The van der Waals surface area contributed by atoms with Crippen molar-refractivity contribution in [3.63, 3.8) is 0 Å². The summed E-state index contributed by atoms with van der Waals surface area (Å²) in [6.07, 6.45) is -3.95. The van der Waals surface area contributed by atoms with Gasteiger partial charge in [0.05, 0.1) is 37.8 Å². The predicted molar refractivity (Wildman–Crippen MR) is 122 cm³/mol. The van der Waals surface area contributed by atoms with Crippen LogP contribution in [0.2, 0.25) is 0 Å². The second kappa shape index (κ2) is 9.11. The quantitative estimate of drug-likeness (QED) is 0.313. The van der Waals surface area contributed by atoms with E-state index in [4.69, 9.17) is 9.84 Å². The summed E-state index contributed by atoms with van der Waals surface area (Å²) >= 11 is 2.84. The van der Waals surface area contributed by atoms with E-state index in [2.05, 4.69) is 9.97 Å². The van der Waals surface area contributed by atoms with E-state index < -0.39 is 17.7 Å². The summed E-state index contributed by atoms with van der Waals surface area (Å²) < 4.78 is 45.3. The summed E-state index contributed by atoms with van der Waals surface area (Å²) in [5.74, 6) is -0.192. The topological polar surface area (TPSA) is 72.3 Å². The van der Waals surface area contributed by atoms with Crippen LogP contribution in [0, 0.1) is 13.8 Å². The molecular weight excluding hydrogens is 473 g/mol.